The van der Waals surface area contributed by atoms with E-state index in [4.69, 9.17) is 18.7 Å². The van der Waals surface area contributed by atoms with Crippen LogP contribution in [0.3, 0.4) is 0 Å². The van der Waals surface area contributed by atoms with Crippen molar-refractivity contribution in [2.75, 3.05) is 27.4 Å². The fourth-order valence-electron chi connectivity index (χ4n) is 3.84. The Kier molecular flexibility index (Phi) is 7.12. The van der Waals surface area contributed by atoms with E-state index >= 15 is 0 Å². The average Bonchev–Trinajstić information content (AvgIpc) is 3.47. The molecule has 8 heteroatoms. The fraction of sp³-hybridized carbons (Fsp3) is 0.400. The third kappa shape index (κ3) is 5.27. The number of carbonyl (C=O) groups is 1. The molecule has 3 aromatic rings. The summed E-state index contributed by atoms with van der Waals surface area (Å²) in [7, 11) is 3.19. The van der Waals surface area contributed by atoms with Crippen molar-refractivity contribution in [3.63, 3.8) is 0 Å². The van der Waals surface area contributed by atoms with Crippen LogP contribution in [0.4, 0.5) is 0 Å². The fourth-order valence-corrected chi connectivity index (χ4v) is 3.84. The van der Waals surface area contributed by atoms with Crippen LogP contribution in [0.25, 0.3) is 11.5 Å². The summed E-state index contributed by atoms with van der Waals surface area (Å²) < 4.78 is 21.8. The maximum atomic E-state index is 12.6. The minimum atomic E-state index is -0.105. The molecule has 1 atom stereocenters. The SMILES string of the molecule is CCCCOc1ccc(-c2nc(C3CC(=O)N(Cc4ccc(OC)c(OC)c4)C3)no2)cc1. The van der Waals surface area contributed by atoms with Crippen molar-refractivity contribution in [2.45, 2.75) is 38.6 Å². The van der Waals surface area contributed by atoms with Gasteiger partial charge in [-0.1, -0.05) is 24.6 Å². The maximum absolute atomic E-state index is 12.6. The lowest BCUT2D eigenvalue weighted by molar-refractivity contribution is -0.128. The Morgan fingerprint density at radius 3 is 2.61 bits per heavy atom. The monoisotopic (exact) mass is 451 g/mol. The van der Waals surface area contributed by atoms with Crippen molar-refractivity contribution < 1.29 is 23.5 Å². The summed E-state index contributed by atoms with van der Waals surface area (Å²) in [6, 6.07) is 13.3. The molecule has 1 aliphatic heterocycles. The van der Waals surface area contributed by atoms with E-state index in [0.717, 1.165) is 29.7 Å². The van der Waals surface area contributed by atoms with E-state index in [0.29, 0.717) is 49.3 Å². The molecule has 8 nitrogen and oxygen atoms in total. The number of likely N-dealkylation sites (tertiary alicyclic amines) is 1. The molecule has 0 radical (unpaired) electrons. The summed E-state index contributed by atoms with van der Waals surface area (Å²) in [5.74, 6) is 3.07. The van der Waals surface area contributed by atoms with Gasteiger partial charge in [0.1, 0.15) is 5.75 Å². The number of nitrogens with zero attached hydrogens (tertiary/aromatic N) is 3. The number of amides is 1. The number of hydrogen-bond donors (Lipinski definition) is 0. The molecule has 1 aliphatic rings. The second kappa shape index (κ2) is 10.4. The molecule has 1 unspecified atom stereocenters. The summed E-state index contributed by atoms with van der Waals surface area (Å²) in [6.45, 7) is 3.86. The quantitative estimate of drug-likeness (QED) is 0.421. The van der Waals surface area contributed by atoms with Crippen LogP contribution in [0.1, 0.15) is 43.5 Å². The third-order valence-corrected chi connectivity index (χ3v) is 5.71. The number of aromatic nitrogens is 2. The molecule has 174 valence electrons. The minimum Gasteiger partial charge on any atom is -0.494 e. The van der Waals surface area contributed by atoms with Crippen LogP contribution in [0, 0.1) is 0 Å². The number of ether oxygens (including phenoxy) is 3. The van der Waals surface area contributed by atoms with Gasteiger partial charge < -0.3 is 23.6 Å². The Hall–Kier alpha value is -3.55. The number of carbonyl (C=O) groups excluding carboxylic acids is 1. The van der Waals surface area contributed by atoms with Crippen molar-refractivity contribution in [3.8, 4) is 28.7 Å². The van der Waals surface area contributed by atoms with Crippen molar-refractivity contribution in [2.24, 2.45) is 0 Å². The Bertz CT molecular complexity index is 1080. The van der Waals surface area contributed by atoms with Crippen molar-refractivity contribution >= 4 is 5.91 Å². The molecule has 0 N–H and O–H groups in total. The highest BCUT2D eigenvalue weighted by Crippen LogP contribution is 2.32. The zero-order chi connectivity index (χ0) is 23.2. The van der Waals surface area contributed by atoms with Crippen LogP contribution in [-0.4, -0.2) is 48.3 Å². The molecule has 2 aromatic carbocycles. The van der Waals surface area contributed by atoms with Crippen molar-refractivity contribution in [3.05, 3.63) is 53.9 Å². The molecular weight excluding hydrogens is 422 g/mol. The molecule has 2 heterocycles. The zero-order valence-corrected chi connectivity index (χ0v) is 19.2. The number of unbranched alkanes of at least 4 members (excludes halogenated alkanes) is 1. The number of rotatable bonds is 10. The summed E-state index contributed by atoms with van der Waals surface area (Å²) in [5.41, 5.74) is 1.79. The lowest BCUT2D eigenvalue weighted by atomic mass is 10.1. The lowest BCUT2D eigenvalue weighted by Crippen LogP contribution is -2.24. The first-order valence-electron chi connectivity index (χ1n) is 11.2. The van der Waals surface area contributed by atoms with Gasteiger partial charge in [-0.2, -0.15) is 4.98 Å². The van der Waals surface area contributed by atoms with Gasteiger partial charge in [0, 0.05) is 31.0 Å². The van der Waals surface area contributed by atoms with Crippen molar-refractivity contribution in [1.82, 2.24) is 15.0 Å². The van der Waals surface area contributed by atoms with Gasteiger partial charge in [-0.05, 0) is 48.4 Å². The molecule has 1 aromatic heterocycles. The van der Waals surface area contributed by atoms with Gasteiger partial charge in [0.2, 0.25) is 5.91 Å². The standard InChI is InChI=1S/C25H29N3O5/c1-4-5-12-32-20-9-7-18(8-10-20)25-26-24(27-33-25)19-14-23(29)28(16-19)15-17-6-11-21(30-2)22(13-17)31-3/h6-11,13,19H,4-5,12,14-16H2,1-3H3. The predicted octanol–water partition coefficient (Wildman–Crippen LogP) is 4.45. The van der Waals surface area contributed by atoms with Gasteiger partial charge in [0.05, 0.1) is 20.8 Å². The molecule has 0 aliphatic carbocycles. The molecule has 4 rings (SSSR count). The first-order valence-corrected chi connectivity index (χ1v) is 11.2. The Morgan fingerprint density at radius 2 is 1.88 bits per heavy atom. The molecule has 0 spiro atoms. The summed E-state index contributed by atoms with van der Waals surface area (Å²) in [4.78, 5) is 19.0. The molecule has 1 amide bonds. The third-order valence-electron chi connectivity index (χ3n) is 5.71. The zero-order valence-electron chi connectivity index (χ0n) is 19.2. The molecule has 1 fully saturated rings. The van der Waals surface area contributed by atoms with Crippen LogP contribution in [0.5, 0.6) is 17.2 Å². The van der Waals surface area contributed by atoms with Gasteiger partial charge in [0.15, 0.2) is 17.3 Å². The molecule has 33 heavy (non-hydrogen) atoms. The van der Waals surface area contributed by atoms with E-state index in [1.54, 1.807) is 14.2 Å². The molecular formula is C25H29N3O5. The van der Waals surface area contributed by atoms with E-state index in [1.807, 2.05) is 47.4 Å². The van der Waals surface area contributed by atoms with Crippen LogP contribution in [0.15, 0.2) is 47.0 Å². The second-order valence-corrected chi connectivity index (χ2v) is 8.05. The summed E-state index contributed by atoms with van der Waals surface area (Å²) in [5, 5.41) is 4.15. The largest absolute Gasteiger partial charge is 0.494 e. The number of methoxy groups -OCH3 is 2. The smallest absolute Gasteiger partial charge is 0.257 e. The first kappa shape index (κ1) is 22.6. The van der Waals surface area contributed by atoms with Gasteiger partial charge >= 0.3 is 0 Å². The topological polar surface area (TPSA) is 86.9 Å². The lowest BCUT2D eigenvalue weighted by Gasteiger charge is -2.17. The number of hydrogen-bond acceptors (Lipinski definition) is 7. The van der Waals surface area contributed by atoms with Crippen LogP contribution in [0.2, 0.25) is 0 Å². The highest BCUT2D eigenvalue weighted by molar-refractivity contribution is 5.79. The Morgan fingerprint density at radius 1 is 1.09 bits per heavy atom. The van der Waals surface area contributed by atoms with Crippen LogP contribution < -0.4 is 14.2 Å². The van der Waals surface area contributed by atoms with Gasteiger partial charge in [0.25, 0.3) is 5.89 Å². The Labute approximate surface area is 193 Å². The summed E-state index contributed by atoms with van der Waals surface area (Å²) in [6.07, 6.45) is 2.48. The first-order chi connectivity index (χ1) is 16.1. The van der Waals surface area contributed by atoms with Crippen LogP contribution >= 0.6 is 0 Å². The second-order valence-electron chi connectivity index (χ2n) is 8.05. The average molecular weight is 452 g/mol. The Balaban J connectivity index is 1.39. The van der Waals surface area contributed by atoms with Crippen LogP contribution in [-0.2, 0) is 11.3 Å². The van der Waals surface area contributed by atoms with Gasteiger partial charge in [-0.15, -0.1) is 0 Å². The maximum Gasteiger partial charge on any atom is 0.257 e. The van der Waals surface area contributed by atoms with E-state index in [2.05, 4.69) is 17.1 Å². The van der Waals surface area contributed by atoms with E-state index in [1.165, 1.54) is 0 Å². The predicted molar refractivity (Wildman–Crippen MR) is 122 cm³/mol. The van der Waals surface area contributed by atoms with E-state index in [9.17, 15) is 4.79 Å². The molecule has 0 saturated carbocycles. The molecule has 0 bridgehead atoms. The minimum absolute atomic E-state index is 0.0646. The van der Waals surface area contributed by atoms with Gasteiger partial charge in [-0.3, -0.25) is 4.79 Å². The highest BCUT2D eigenvalue weighted by Gasteiger charge is 2.34. The normalized spacial score (nSPS) is 15.7. The number of benzene rings is 2. The van der Waals surface area contributed by atoms with E-state index in [-0.39, 0.29) is 11.8 Å². The van der Waals surface area contributed by atoms with Crippen molar-refractivity contribution in [1.29, 1.82) is 0 Å². The highest BCUT2D eigenvalue weighted by atomic mass is 16.5. The van der Waals surface area contributed by atoms with E-state index < -0.39 is 0 Å². The molecule has 1 saturated heterocycles. The summed E-state index contributed by atoms with van der Waals surface area (Å²) >= 11 is 0. The van der Waals surface area contributed by atoms with Gasteiger partial charge in [-0.25, -0.2) is 0 Å².